The topological polar surface area (TPSA) is 37.3 Å². The second-order valence-corrected chi connectivity index (χ2v) is 5.50. The highest BCUT2D eigenvalue weighted by atomic mass is 16.3. The fraction of sp³-hybridized carbons (Fsp3) is 0.812. The third-order valence-corrected chi connectivity index (χ3v) is 5.00. The van der Waals surface area contributed by atoms with Gasteiger partial charge in [0.25, 0.3) is 0 Å². The molecule has 1 N–H and O–H groups in total. The number of aliphatic hydroxyl groups is 1. The first-order valence-electron chi connectivity index (χ1n) is 7.31. The Bertz CT molecular complexity index is 286. The first-order chi connectivity index (χ1) is 8.35. The molecule has 0 aromatic carbocycles. The van der Waals surface area contributed by atoms with Gasteiger partial charge in [-0.15, -0.1) is 0 Å². The van der Waals surface area contributed by atoms with Crippen LogP contribution in [0.4, 0.5) is 0 Å². The van der Waals surface area contributed by atoms with Crippen LogP contribution in [0.25, 0.3) is 0 Å². The standard InChI is InChI=1S/C16H30O2/c1-7-15(6,8-2)13(17)12-14(18)16(9-3,10-4)11-5/h12,18H,7-11H2,1-6H3/b14-12-. The molecule has 0 unspecified atom stereocenters. The van der Waals surface area contributed by atoms with Gasteiger partial charge in [-0.3, -0.25) is 4.79 Å². The van der Waals surface area contributed by atoms with E-state index in [0.29, 0.717) is 0 Å². The third kappa shape index (κ3) is 3.37. The summed E-state index contributed by atoms with van der Waals surface area (Å²) in [6, 6.07) is 0. The Labute approximate surface area is 112 Å². The van der Waals surface area contributed by atoms with E-state index in [1.54, 1.807) is 0 Å². The predicted molar refractivity (Wildman–Crippen MR) is 77.7 cm³/mol. The SMILES string of the molecule is CCC(C)(CC)C(=O)/C=C(\O)C(CC)(CC)CC. The first-order valence-corrected chi connectivity index (χ1v) is 7.31. The second-order valence-electron chi connectivity index (χ2n) is 5.50. The Balaban J connectivity index is 5.25. The molecule has 106 valence electrons. The molecule has 0 bridgehead atoms. The minimum atomic E-state index is -0.338. The number of hydrogen-bond donors (Lipinski definition) is 1. The van der Waals surface area contributed by atoms with Crippen molar-refractivity contribution in [1.82, 2.24) is 0 Å². The predicted octanol–water partition coefficient (Wildman–Crippen LogP) is 5.04. The van der Waals surface area contributed by atoms with Crippen LogP contribution in [-0.4, -0.2) is 10.9 Å². The summed E-state index contributed by atoms with van der Waals surface area (Å²) in [6.07, 6.45) is 5.70. The van der Waals surface area contributed by atoms with Gasteiger partial charge in [0.2, 0.25) is 0 Å². The second kappa shape index (κ2) is 6.96. The molecule has 0 aliphatic carbocycles. The van der Waals surface area contributed by atoms with E-state index < -0.39 is 0 Å². The monoisotopic (exact) mass is 254 g/mol. The molecular weight excluding hydrogens is 224 g/mol. The van der Waals surface area contributed by atoms with E-state index in [4.69, 9.17) is 0 Å². The number of carbonyl (C=O) groups excluding carboxylic acids is 1. The summed E-state index contributed by atoms with van der Waals surface area (Å²) >= 11 is 0. The summed E-state index contributed by atoms with van der Waals surface area (Å²) in [5, 5.41) is 10.3. The molecule has 0 rings (SSSR count). The van der Waals surface area contributed by atoms with Gasteiger partial charge >= 0.3 is 0 Å². The van der Waals surface area contributed by atoms with Crippen LogP contribution in [0.2, 0.25) is 0 Å². The smallest absolute Gasteiger partial charge is 0.164 e. The van der Waals surface area contributed by atoms with Crippen molar-refractivity contribution in [1.29, 1.82) is 0 Å². The molecule has 0 heterocycles. The average molecular weight is 254 g/mol. The highest BCUT2D eigenvalue weighted by Crippen LogP contribution is 2.38. The lowest BCUT2D eigenvalue weighted by atomic mass is 9.75. The molecule has 0 aromatic rings. The number of aliphatic hydroxyl groups excluding tert-OH is 1. The van der Waals surface area contributed by atoms with Gasteiger partial charge in [0.15, 0.2) is 5.78 Å². The molecule has 0 amide bonds. The molecule has 0 aliphatic heterocycles. The zero-order valence-corrected chi connectivity index (χ0v) is 13.0. The number of carbonyl (C=O) groups is 1. The average Bonchev–Trinajstić information content (AvgIpc) is 2.40. The molecule has 0 aromatic heterocycles. The Morgan fingerprint density at radius 2 is 1.33 bits per heavy atom. The van der Waals surface area contributed by atoms with E-state index in [0.717, 1.165) is 32.1 Å². The van der Waals surface area contributed by atoms with E-state index in [9.17, 15) is 9.90 Å². The fourth-order valence-corrected chi connectivity index (χ4v) is 2.34. The van der Waals surface area contributed by atoms with Crippen LogP contribution in [0, 0.1) is 10.8 Å². The quantitative estimate of drug-likeness (QED) is 0.486. The van der Waals surface area contributed by atoms with E-state index in [-0.39, 0.29) is 22.4 Å². The minimum Gasteiger partial charge on any atom is -0.512 e. The Morgan fingerprint density at radius 3 is 1.61 bits per heavy atom. The van der Waals surface area contributed by atoms with Gasteiger partial charge in [0.1, 0.15) is 5.76 Å². The summed E-state index contributed by atoms with van der Waals surface area (Å²) in [5.74, 6) is 0.331. The zero-order chi connectivity index (χ0) is 14.4. The molecule has 2 nitrogen and oxygen atoms in total. The maximum absolute atomic E-state index is 12.3. The van der Waals surface area contributed by atoms with Crippen LogP contribution in [-0.2, 0) is 4.79 Å². The largest absolute Gasteiger partial charge is 0.512 e. The summed E-state index contributed by atoms with van der Waals surface area (Å²) in [4.78, 5) is 12.3. The van der Waals surface area contributed by atoms with Crippen LogP contribution >= 0.6 is 0 Å². The highest BCUT2D eigenvalue weighted by Gasteiger charge is 2.33. The number of allylic oxidation sites excluding steroid dienone is 2. The van der Waals surface area contributed by atoms with Gasteiger partial charge in [0.05, 0.1) is 0 Å². The van der Waals surface area contributed by atoms with Gasteiger partial charge in [0, 0.05) is 16.9 Å². The molecule has 0 saturated heterocycles. The van der Waals surface area contributed by atoms with Crippen molar-refractivity contribution in [2.45, 2.75) is 73.6 Å². The van der Waals surface area contributed by atoms with Crippen molar-refractivity contribution in [3.63, 3.8) is 0 Å². The summed E-state index contributed by atoms with van der Waals surface area (Å²) in [5.41, 5.74) is -0.563. The molecule has 0 radical (unpaired) electrons. The Kier molecular flexibility index (Phi) is 6.66. The summed E-state index contributed by atoms with van der Waals surface area (Å²) in [7, 11) is 0. The summed E-state index contributed by atoms with van der Waals surface area (Å²) < 4.78 is 0. The molecule has 18 heavy (non-hydrogen) atoms. The Hall–Kier alpha value is -0.790. The van der Waals surface area contributed by atoms with Crippen molar-refractivity contribution >= 4 is 5.78 Å². The normalized spacial score (nSPS) is 13.8. The highest BCUT2D eigenvalue weighted by molar-refractivity contribution is 5.94. The van der Waals surface area contributed by atoms with Crippen molar-refractivity contribution in [2.24, 2.45) is 10.8 Å². The van der Waals surface area contributed by atoms with E-state index in [1.165, 1.54) is 6.08 Å². The van der Waals surface area contributed by atoms with Gasteiger partial charge in [-0.25, -0.2) is 0 Å². The van der Waals surface area contributed by atoms with Crippen molar-refractivity contribution in [3.8, 4) is 0 Å². The molecule has 0 aliphatic rings. The van der Waals surface area contributed by atoms with Gasteiger partial charge in [-0.1, -0.05) is 41.5 Å². The van der Waals surface area contributed by atoms with Crippen molar-refractivity contribution in [3.05, 3.63) is 11.8 Å². The lowest BCUT2D eigenvalue weighted by molar-refractivity contribution is -0.123. The third-order valence-electron chi connectivity index (χ3n) is 5.00. The van der Waals surface area contributed by atoms with Crippen LogP contribution in [0.1, 0.15) is 73.6 Å². The molecule has 2 heteroatoms. The van der Waals surface area contributed by atoms with E-state index in [1.807, 2.05) is 20.8 Å². The number of ketones is 1. The van der Waals surface area contributed by atoms with Crippen LogP contribution in [0.3, 0.4) is 0 Å². The van der Waals surface area contributed by atoms with Crippen LogP contribution in [0.15, 0.2) is 11.8 Å². The fourth-order valence-electron chi connectivity index (χ4n) is 2.34. The minimum absolute atomic E-state index is 0.0599. The van der Waals surface area contributed by atoms with Crippen LogP contribution < -0.4 is 0 Å². The zero-order valence-electron chi connectivity index (χ0n) is 13.0. The Morgan fingerprint density at radius 1 is 0.944 bits per heavy atom. The maximum atomic E-state index is 12.3. The molecular formula is C16H30O2. The lowest BCUT2D eigenvalue weighted by Crippen LogP contribution is -2.27. The maximum Gasteiger partial charge on any atom is 0.164 e. The van der Waals surface area contributed by atoms with Gasteiger partial charge in [-0.2, -0.15) is 0 Å². The van der Waals surface area contributed by atoms with Gasteiger partial charge in [-0.05, 0) is 32.1 Å². The van der Waals surface area contributed by atoms with E-state index >= 15 is 0 Å². The summed E-state index contributed by atoms with van der Waals surface area (Å²) in [6.45, 7) is 12.2. The molecule has 0 saturated carbocycles. The number of rotatable bonds is 8. The molecule has 0 atom stereocenters. The van der Waals surface area contributed by atoms with Crippen LogP contribution in [0.5, 0.6) is 0 Å². The van der Waals surface area contributed by atoms with Crippen molar-refractivity contribution in [2.75, 3.05) is 0 Å². The first kappa shape index (κ1) is 17.2. The van der Waals surface area contributed by atoms with Crippen molar-refractivity contribution < 1.29 is 9.90 Å². The van der Waals surface area contributed by atoms with Gasteiger partial charge < -0.3 is 5.11 Å². The van der Waals surface area contributed by atoms with E-state index in [2.05, 4.69) is 20.8 Å². The molecule has 0 fully saturated rings. The lowest BCUT2D eigenvalue weighted by Gasteiger charge is -2.31. The molecule has 0 spiro atoms. The number of hydrogen-bond acceptors (Lipinski definition) is 2.